The predicted octanol–water partition coefficient (Wildman–Crippen LogP) is 3.77. The van der Waals surface area contributed by atoms with Gasteiger partial charge in [-0.3, -0.25) is 0 Å². The zero-order valence-electron chi connectivity index (χ0n) is 8.94. The van der Waals surface area contributed by atoms with Crippen molar-refractivity contribution in [3.8, 4) is 0 Å². The fourth-order valence-corrected chi connectivity index (χ4v) is 1.69. The van der Waals surface area contributed by atoms with Crippen LogP contribution in [0.2, 0.25) is 0 Å². The fourth-order valence-electron chi connectivity index (χ4n) is 1.28. The van der Waals surface area contributed by atoms with Crippen LogP contribution in [0.15, 0.2) is 16.6 Å². The topological polar surface area (TPSA) is 26.0 Å². The molecule has 1 atom stereocenters. The maximum Gasteiger partial charge on any atom is 0.132 e. The zero-order chi connectivity index (χ0) is 11.8. The highest BCUT2D eigenvalue weighted by Crippen LogP contribution is 2.34. The van der Waals surface area contributed by atoms with Crippen LogP contribution >= 0.6 is 15.9 Å². The van der Waals surface area contributed by atoms with Gasteiger partial charge in [0.2, 0.25) is 0 Å². The maximum absolute atomic E-state index is 13.5. The molecule has 84 valence electrons. The summed E-state index contributed by atoms with van der Waals surface area (Å²) >= 11 is 3.03. The molecule has 0 spiro atoms. The number of benzene rings is 1. The second kappa shape index (κ2) is 4.18. The quantitative estimate of drug-likeness (QED) is 0.831. The van der Waals surface area contributed by atoms with E-state index < -0.39 is 17.7 Å². The summed E-state index contributed by atoms with van der Waals surface area (Å²) in [6.07, 6.45) is 0. The van der Waals surface area contributed by atoms with Crippen molar-refractivity contribution in [3.63, 3.8) is 0 Å². The van der Waals surface area contributed by atoms with Gasteiger partial charge in [0.15, 0.2) is 0 Å². The second-order valence-electron chi connectivity index (χ2n) is 4.63. The highest BCUT2D eigenvalue weighted by atomic mass is 79.9. The standard InChI is InChI=1S/C11H14BrF2N/c1-11(2,3)10(15)9-7(13)4-6(12)5-8(9)14/h4-5,10H,15H2,1-3H3/t10-/m0/s1. The van der Waals surface area contributed by atoms with Crippen molar-refractivity contribution in [2.45, 2.75) is 26.8 Å². The van der Waals surface area contributed by atoms with Gasteiger partial charge >= 0.3 is 0 Å². The molecule has 1 rings (SSSR count). The van der Waals surface area contributed by atoms with Crippen LogP contribution in [0.5, 0.6) is 0 Å². The Labute approximate surface area is 96.8 Å². The van der Waals surface area contributed by atoms with E-state index in [2.05, 4.69) is 15.9 Å². The third kappa shape index (κ3) is 2.75. The summed E-state index contributed by atoms with van der Waals surface area (Å²) < 4.78 is 27.5. The Morgan fingerprint density at radius 3 is 1.93 bits per heavy atom. The van der Waals surface area contributed by atoms with Gasteiger partial charge in [0.1, 0.15) is 11.6 Å². The van der Waals surface area contributed by atoms with E-state index in [1.807, 2.05) is 20.8 Å². The second-order valence-corrected chi connectivity index (χ2v) is 5.54. The van der Waals surface area contributed by atoms with Crippen LogP contribution in [-0.2, 0) is 0 Å². The van der Waals surface area contributed by atoms with E-state index in [0.29, 0.717) is 4.47 Å². The molecule has 0 aromatic heterocycles. The molecule has 1 nitrogen and oxygen atoms in total. The molecule has 0 unspecified atom stereocenters. The first kappa shape index (κ1) is 12.6. The Bertz CT molecular complexity index is 348. The highest BCUT2D eigenvalue weighted by molar-refractivity contribution is 9.10. The van der Waals surface area contributed by atoms with Gasteiger partial charge in [-0.1, -0.05) is 36.7 Å². The van der Waals surface area contributed by atoms with E-state index in [9.17, 15) is 8.78 Å². The van der Waals surface area contributed by atoms with E-state index >= 15 is 0 Å². The first-order chi connectivity index (χ1) is 6.73. The number of rotatable bonds is 1. The van der Waals surface area contributed by atoms with Crippen LogP contribution in [0.4, 0.5) is 8.78 Å². The SMILES string of the molecule is CC(C)(C)[C@@H](N)c1c(F)cc(Br)cc1F. The van der Waals surface area contributed by atoms with E-state index in [1.165, 1.54) is 12.1 Å². The molecular weight excluding hydrogens is 264 g/mol. The molecule has 1 aromatic carbocycles. The molecule has 15 heavy (non-hydrogen) atoms. The predicted molar refractivity (Wildman–Crippen MR) is 60.4 cm³/mol. The first-order valence-corrected chi connectivity index (χ1v) is 5.43. The minimum Gasteiger partial charge on any atom is -0.323 e. The van der Waals surface area contributed by atoms with Gasteiger partial charge in [0.05, 0.1) is 0 Å². The van der Waals surface area contributed by atoms with Crippen LogP contribution in [-0.4, -0.2) is 0 Å². The summed E-state index contributed by atoms with van der Waals surface area (Å²) in [5.41, 5.74) is 5.40. The molecule has 0 amide bonds. The highest BCUT2D eigenvalue weighted by Gasteiger charge is 2.27. The van der Waals surface area contributed by atoms with Crippen LogP contribution in [0, 0.1) is 17.0 Å². The van der Waals surface area contributed by atoms with Gasteiger partial charge in [0, 0.05) is 16.1 Å². The van der Waals surface area contributed by atoms with Crippen LogP contribution in [0.25, 0.3) is 0 Å². The number of hydrogen-bond donors (Lipinski definition) is 1. The van der Waals surface area contributed by atoms with E-state index in [0.717, 1.165) is 0 Å². The molecule has 1 aromatic rings. The normalized spacial score (nSPS) is 14.1. The largest absolute Gasteiger partial charge is 0.323 e. The Balaban J connectivity index is 3.26. The fraction of sp³-hybridized carbons (Fsp3) is 0.455. The van der Waals surface area contributed by atoms with E-state index in [4.69, 9.17) is 5.73 Å². The lowest BCUT2D eigenvalue weighted by atomic mass is 9.82. The Hall–Kier alpha value is -0.480. The molecule has 2 N–H and O–H groups in total. The summed E-state index contributed by atoms with van der Waals surface area (Å²) in [6, 6.07) is 1.79. The molecule has 0 heterocycles. The Kier molecular flexibility index (Phi) is 3.51. The Morgan fingerprint density at radius 1 is 1.20 bits per heavy atom. The summed E-state index contributed by atoms with van der Waals surface area (Å²) in [4.78, 5) is 0. The van der Waals surface area contributed by atoms with Gasteiger partial charge in [-0.25, -0.2) is 8.78 Å². The van der Waals surface area contributed by atoms with Crippen molar-refractivity contribution >= 4 is 15.9 Å². The van der Waals surface area contributed by atoms with E-state index in [1.54, 1.807) is 0 Å². The first-order valence-electron chi connectivity index (χ1n) is 4.63. The van der Waals surface area contributed by atoms with Crippen molar-refractivity contribution < 1.29 is 8.78 Å². The summed E-state index contributed by atoms with van der Waals surface area (Å²) in [7, 11) is 0. The van der Waals surface area contributed by atoms with Crippen LogP contribution in [0.1, 0.15) is 32.4 Å². The lowest BCUT2D eigenvalue weighted by molar-refractivity contribution is 0.310. The van der Waals surface area contributed by atoms with Crippen molar-refractivity contribution in [3.05, 3.63) is 33.8 Å². The van der Waals surface area contributed by atoms with Gasteiger partial charge in [0.25, 0.3) is 0 Å². The minimum atomic E-state index is -0.661. The Morgan fingerprint density at radius 2 is 1.60 bits per heavy atom. The summed E-state index contributed by atoms with van der Waals surface area (Å²) in [5, 5.41) is 0. The summed E-state index contributed by atoms with van der Waals surface area (Å²) in [5.74, 6) is -1.21. The molecule has 0 bridgehead atoms. The number of hydrogen-bond acceptors (Lipinski definition) is 1. The van der Waals surface area contributed by atoms with Crippen molar-refractivity contribution in [1.29, 1.82) is 0 Å². The van der Waals surface area contributed by atoms with Crippen LogP contribution in [0.3, 0.4) is 0 Å². The van der Waals surface area contributed by atoms with Gasteiger partial charge < -0.3 is 5.73 Å². The summed E-state index contributed by atoms with van der Waals surface area (Å²) in [6.45, 7) is 5.54. The zero-order valence-corrected chi connectivity index (χ0v) is 10.5. The molecule has 4 heteroatoms. The molecule has 0 saturated carbocycles. The smallest absolute Gasteiger partial charge is 0.132 e. The van der Waals surface area contributed by atoms with Gasteiger partial charge in [-0.2, -0.15) is 0 Å². The monoisotopic (exact) mass is 277 g/mol. The molecule has 0 aliphatic rings. The van der Waals surface area contributed by atoms with Crippen molar-refractivity contribution in [2.75, 3.05) is 0 Å². The number of halogens is 3. The molecule has 0 aliphatic heterocycles. The van der Waals surface area contributed by atoms with Crippen molar-refractivity contribution in [2.24, 2.45) is 11.1 Å². The molecular formula is C11H14BrF2N. The van der Waals surface area contributed by atoms with Gasteiger partial charge in [-0.05, 0) is 17.5 Å². The third-order valence-electron chi connectivity index (χ3n) is 2.29. The van der Waals surface area contributed by atoms with Gasteiger partial charge in [-0.15, -0.1) is 0 Å². The maximum atomic E-state index is 13.5. The van der Waals surface area contributed by atoms with Crippen LogP contribution < -0.4 is 5.73 Å². The third-order valence-corrected chi connectivity index (χ3v) is 2.75. The average molecular weight is 278 g/mol. The average Bonchev–Trinajstić information content (AvgIpc) is 1.99. The minimum absolute atomic E-state index is 0.0503. The lowest BCUT2D eigenvalue weighted by Crippen LogP contribution is -2.28. The van der Waals surface area contributed by atoms with Crippen molar-refractivity contribution in [1.82, 2.24) is 0 Å². The molecule has 0 saturated heterocycles. The van der Waals surface area contributed by atoms with E-state index in [-0.39, 0.29) is 11.0 Å². The molecule has 0 fully saturated rings. The molecule has 0 aliphatic carbocycles. The lowest BCUT2D eigenvalue weighted by Gasteiger charge is -2.28. The number of nitrogens with two attached hydrogens (primary N) is 1. The molecule has 0 radical (unpaired) electrons.